The summed E-state index contributed by atoms with van der Waals surface area (Å²) in [5.74, 6) is -1.35. The van der Waals surface area contributed by atoms with Gasteiger partial charge in [0.1, 0.15) is 23.7 Å². The molecule has 4 atom stereocenters. The van der Waals surface area contributed by atoms with Gasteiger partial charge in [0.2, 0.25) is 0 Å². The Kier molecular flexibility index (Phi) is 13.4. The highest BCUT2D eigenvalue weighted by atomic mass is 16.7. The third-order valence-corrected chi connectivity index (χ3v) is 9.75. The number of unbranched alkanes of at least 4 members (excludes halogenated alkanes) is 1. The third kappa shape index (κ3) is 10.8. The van der Waals surface area contributed by atoms with Crippen LogP contribution in [0.2, 0.25) is 0 Å². The highest BCUT2D eigenvalue weighted by Crippen LogP contribution is 2.32. The Morgan fingerprint density at radius 3 is 1.71 bits per heavy atom. The average molecular weight is 795 g/mol. The summed E-state index contributed by atoms with van der Waals surface area (Å²) >= 11 is 0. The van der Waals surface area contributed by atoms with Gasteiger partial charge >= 0.3 is 23.9 Å². The lowest BCUT2D eigenvalue weighted by Crippen LogP contribution is -2.35. The van der Waals surface area contributed by atoms with E-state index in [1.807, 2.05) is 42.5 Å². The lowest BCUT2D eigenvalue weighted by atomic mass is 9.99. The number of rotatable bonds is 16. The van der Waals surface area contributed by atoms with Gasteiger partial charge in [-0.1, -0.05) is 85.4 Å². The second kappa shape index (κ2) is 19.6. The fourth-order valence-electron chi connectivity index (χ4n) is 6.60. The largest absolute Gasteiger partial charge is 0.494 e. The van der Waals surface area contributed by atoms with Crippen molar-refractivity contribution in [1.29, 1.82) is 0 Å². The first-order valence-corrected chi connectivity index (χ1v) is 19.3. The lowest BCUT2D eigenvalue weighted by molar-refractivity contribution is -0.147. The van der Waals surface area contributed by atoms with Gasteiger partial charge in [-0.15, -0.1) is 0 Å². The third-order valence-electron chi connectivity index (χ3n) is 9.75. The molecule has 0 N–H and O–H groups in total. The first kappa shape index (κ1) is 40.4. The predicted molar refractivity (Wildman–Crippen MR) is 219 cm³/mol. The van der Waals surface area contributed by atoms with E-state index in [-0.39, 0.29) is 31.1 Å². The zero-order valence-electron chi connectivity index (χ0n) is 32.1. The summed E-state index contributed by atoms with van der Waals surface area (Å²) in [4.78, 5) is 49.6. The molecular formula is C48H42O11. The van der Waals surface area contributed by atoms with Crippen molar-refractivity contribution in [3.05, 3.63) is 163 Å². The van der Waals surface area contributed by atoms with Crippen LogP contribution in [0.15, 0.2) is 146 Å². The Labute approximate surface area is 341 Å². The second-order valence-corrected chi connectivity index (χ2v) is 13.8. The molecule has 2 fully saturated rings. The number of ether oxygens (including phenoxy) is 7. The topological polar surface area (TPSA) is 133 Å². The molecule has 300 valence electrons. The predicted octanol–water partition coefficient (Wildman–Crippen LogP) is 8.08. The molecule has 0 radical (unpaired) electrons. The second-order valence-electron chi connectivity index (χ2n) is 13.8. The van der Waals surface area contributed by atoms with E-state index in [0.29, 0.717) is 30.8 Å². The van der Waals surface area contributed by atoms with Gasteiger partial charge in [0.25, 0.3) is 0 Å². The summed E-state index contributed by atoms with van der Waals surface area (Å²) in [6, 6.07) is 39.0. The molecule has 2 saturated heterocycles. The lowest BCUT2D eigenvalue weighted by Gasteiger charge is -2.17. The molecule has 0 bridgehead atoms. The maximum absolute atomic E-state index is 13.0. The molecule has 5 aromatic rings. The Morgan fingerprint density at radius 2 is 1.10 bits per heavy atom. The number of carbonyl (C=O) groups excluding carboxylic acids is 4. The minimum absolute atomic E-state index is 0.0824. The zero-order chi connectivity index (χ0) is 41.0. The van der Waals surface area contributed by atoms with Crippen molar-refractivity contribution in [3.63, 3.8) is 0 Å². The van der Waals surface area contributed by atoms with Crippen molar-refractivity contribution in [2.45, 2.75) is 37.3 Å². The zero-order valence-corrected chi connectivity index (χ0v) is 32.1. The fraction of sp³-hybridized carbons (Fsp3) is 0.208. The monoisotopic (exact) mass is 794 g/mol. The summed E-state index contributed by atoms with van der Waals surface area (Å²) in [6.07, 6.45) is 2.97. The van der Waals surface area contributed by atoms with Gasteiger partial charge in [-0.2, -0.15) is 0 Å². The van der Waals surface area contributed by atoms with Gasteiger partial charge in [0.05, 0.1) is 37.6 Å². The van der Waals surface area contributed by atoms with Crippen LogP contribution in [-0.4, -0.2) is 74.7 Å². The minimum Gasteiger partial charge on any atom is -0.494 e. The molecule has 2 aliphatic rings. The minimum atomic E-state index is -0.703. The number of hydrogen-bond acceptors (Lipinski definition) is 11. The standard InChI is InChI=1S/C48H42O11/c1-2-43(49)54-29-7-6-28-53-39-23-19-37(20-24-39)47(51)57-40-25-21-38(22-26-40)48(52)59-42-31-56-45-41(30-55-46(42)45)58-44(50)27-12-32-10-13-34(14-11-32)36-17-15-35(16-18-36)33-8-4-3-5-9-33/h2-5,8-27,41-42,45-46H,1,6-7,28-31H2/t41-,42+,45-,46-/m1/s1. The van der Waals surface area contributed by atoms with Crippen LogP contribution in [0.4, 0.5) is 0 Å². The maximum Gasteiger partial charge on any atom is 0.343 e. The average Bonchev–Trinajstić information content (AvgIpc) is 3.87. The van der Waals surface area contributed by atoms with Gasteiger partial charge in [0, 0.05) is 12.2 Å². The molecular weight excluding hydrogens is 753 g/mol. The van der Waals surface area contributed by atoms with E-state index >= 15 is 0 Å². The van der Waals surface area contributed by atoms with Gasteiger partial charge < -0.3 is 33.2 Å². The van der Waals surface area contributed by atoms with E-state index in [4.69, 9.17) is 33.2 Å². The van der Waals surface area contributed by atoms with E-state index in [1.54, 1.807) is 30.3 Å². The highest BCUT2D eigenvalue weighted by molar-refractivity contribution is 5.92. The quantitative estimate of drug-likeness (QED) is 0.0316. The Bertz CT molecular complexity index is 2250. The normalized spacial score (nSPS) is 18.1. The molecule has 0 aromatic heterocycles. The molecule has 0 unspecified atom stereocenters. The van der Waals surface area contributed by atoms with Crippen LogP contribution in [0.5, 0.6) is 11.5 Å². The molecule has 59 heavy (non-hydrogen) atoms. The molecule has 0 spiro atoms. The summed E-state index contributed by atoms with van der Waals surface area (Å²) < 4.78 is 39.2. The van der Waals surface area contributed by atoms with E-state index < -0.39 is 48.3 Å². The number of carbonyl (C=O) groups is 4. The van der Waals surface area contributed by atoms with Crippen molar-refractivity contribution >= 4 is 30.0 Å². The Morgan fingerprint density at radius 1 is 0.576 bits per heavy atom. The fourth-order valence-corrected chi connectivity index (χ4v) is 6.60. The van der Waals surface area contributed by atoms with Crippen LogP contribution in [0.1, 0.15) is 39.1 Å². The number of benzene rings is 5. The van der Waals surface area contributed by atoms with Crippen molar-refractivity contribution < 1.29 is 52.3 Å². The molecule has 0 saturated carbocycles. The molecule has 2 aliphatic heterocycles. The summed E-state index contributed by atoms with van der Waals surface area (Å²) in [5.41, 5.74) is 5.88. The van der Waals surface area contributed by atoms with Gasteiger partial charge in [-0.05, 0) is 95.3 Å². The van der Waals surface area contributed by atoms with Crippen LogP contribution < -0.4 is 9.47 Å². The van der Waals surface area contributed by atoms with E-state index in [0.717, 1.165) is 28.3 Å². The molecule has 2 heterocycles. The molecule has 0 aliphatic carbocycles. The van der Waals surface area contributed by atoms with Crippen molar-refractivity contribution in [1.82, 2.24) is 0 Å². The van der Waals surface area contributed by atoms with Crippen LogP contribution in [0, 0.1) is 0 Å². The Hall–Kier alpha value is -6.82. The van der Waals surface area contributed by atoms with E-state index in [9.17, 15) is 19.2 Å². The van der Waals surface area contributed by atoms with Crippen molar-refractivity contribution in [3.8, 4) is 33.8 Å². The summed E-state index contributed by atoms with van der Waals surface area (Å²) in [6.45, 7) is 4.25. The first-order valence-electron chi connectivity index (χ1n) is 19.3. The van der Waals surface area contributed by atoms with Crippen LogP contribution in [-0.2, 0) is 33.3 Å². The molecule has 5 aromatic carbocycles. The summed E-state index contributed by atoms with van der Waals surface area (Å²) in [7, 11) is 0. The van der Waals surface area contributed by atoms with Crippen LogP contribution >= 0.6 is 0 Å². The van der Waals surface area contributed by atoms with Gasteiger partial charge in [0.15, 0.2) is 12.2 Å². The van der Waals surface area contributed by atoms with Gasteiger partial charge in [-0.25, -0.2) is 19.2 Å². The molecule has 7 rings (SSSR count). The smallest absolute Gasteiger partial charge is 0.343 e. The van der Waals surface area contributed by atoms with Crippen molar-refractivity contribution in [2.24, 2.45) is 0 Å². The molecule has 11 nitrogen and oxygen atoms in total. The number of fused-ring (bicyclic) bond motifs is 1. The first-order chi connectivity index (χ1) is 28.8. The number of esters is 4. The molecule has 11 heteroatoms. The Balaban J connectivity index is 0.826. The van der Waals surface area contributed by atoms with E-state index in [2.05, 4.69) is 43.0 Å². The molecule has 0 amide bonds. The number of hydrogen-bond donors (Lipinski definition) is 0. The SMILES string of the molecule is C=CC(=O)OCCCCOc1ccc(C(=O)Oc2ccc(C(=O)O[C@H]3CO[C@H]4[C@@H]3OC[C@H]4OC(=O)C=Cc3ccc(-c4ccc(-c5ccccc5)cc4)cc3)cc2)cc1. The van der Waals surface area contributed by atoms with E-state index in [1.165, 1.54) is 35.9 Å². The van der Waals surface area contributed by atoms with Crippen molar-refractivity contribution in [2.75, 3.05) is 26.4 Å². The van der Waals surface area contributed by atoms with Crippen LogP contribution in [0.3, 0.4) is 0 Å². The van der Waals surface area contributed by atoms with Gasteiger partial charge in [-0.3, -0.25) is 0 Å². The van der Waals surface area contributed by atoms with Crippen LogP contribution in [0.25, 0.3) is 28.3 Å². The maximum atomic E-state index is 13.0. The highest BCUT2D eigenvalue weighted by Gasteiger charge is 2.51. The summed E-state index contributed by atoms with van der Waals surface area (Å²) in [5, 5.41) is 0.